The molecule has 0 saturated heterocycles. The summed E-state index contributed by atoms with van der Waals surface area (Å²) in [6.45, 7) is 15.7. The van der Waals surface area contributed by atoms with Gasteiger partial charge in [-0.1, -0.05) is 51.4 Å². The van der Waals surface area contributed by atoms with Gasteiger partial charge in [-0.25, -0.2) is 0 Å². The van der Waals surface area contributed by atoms with E-state index in [1.165, 1.54) is 11.4 Å². The van der Waals surface area contributed by atoms with Gasteiger partial charge in [0.1, 0.15) is 16.5 Å². The van der Waals surface area contributed by atoms with Crippen LogP contribution in [0.3, 0.4) is 0 Å². The molecule has 1 heterocycles. The zero-order valence-electron chi connectivity index (χ0n) is 11.9. The summed E-state index contributed by atoms with van der Waals surface area (Å²) < 4.78 is 5.31. The minimum absolute atomic E-state index is 1.10. The van der Waals surface area contributed by atoms with Crippen molar-refractivity contribution in [3.8, 4) is 0 Å². The first-order valence-corrected chi connectivity index (χ1v) is 13.2. The van der Waals surface area contributed by atoms with Crippen LogP contribution in [0, 0.1) is 0 Å². The van der Waals surface area contributed by atoms with Gasteiger partial charge >= 0.3 is 0 Å². The molecule has 0 aromatic heterocycles. The zero-order valence-corrected chi connectivity index (χ0v) is 13.9. The van der Waals surface area contributed by atoms with Crippen LogP contribution in [-0.2, 0) is 0 Å². The number of hydrogen-bond donors (Lipinski definition) is 0. The van der Waals surface area contributed by atoms with Crippen molar-refractivity contribution < 1.29 is 0 Å². The van der Waals surface area contributed by atoms with Gasteiger partial charge in [0, 0.05) is 0 Å². The summed E-state index contributed by atoms with van der Waals surface area (Å²) in [5, 5.41) is 0. The van der Waals surface area contributed by atoms with Crippen LogP contribution >= 0.6 is 0 Å². The molecule has 0 aliphatic carbocycles. The van der Waals surface area contributed by atoms with E-state index in [0.29, 0.717) is 0 Å². The highest BCUT2D eigenvalue weighted by molar-refractivity contribution is 6.83. The van der Waals surface area contributed by atoms with Gasteiger partial charge in [0.15, 0.2) is 0 Å². The highest BCUT2D eigenvalue weighted by Crippen LogP contribution is 2.40. The Bertz CT molecular complexity index is 379. The minimum Gasteiger partial charge on any atom is -0.381 e. The van der Waals surface area contributed by atoms with E-state index in [-0.39, 0.29) is 0 Å². The third-order valence-electron chi connectivity index (χ3n) is 3.37. The number of nitrogens with zero attached hydrogens (tertiary/aromatic N) is 2. The molecule has 1 aromatic carbocycles. The summed E-state index contributed by atoms with van der Waals surface area (Å²) in [5.41, 5.74) is 2.91. The summed E-state index contributed by atoms with van der Waals surface area (Å²) in [6.07, 6.45) is 0. The Labute approximate surface area is 107 Å². The maximum atomic E-state index is 2.65. The van der Waals surface area contributed by atoms with Gasteiger partial charge in [-0.3, -0.25) is 0 Å². The maximum absolute atomic E-state index is 2.65. The Morgan fingerprint density at radius 2 is 1.12 bits per heavy atom. The standard InChI is InChI=1S/C13H24N2Si2/c1-16(2,3)14-11-15(17(4,5)6)13-10-8-7-9-12(13)14/h7-10H,11H2,1-6H3. The fraction of sp³-hybridized carbons (Fsp3) is 0.538. The van der Waals surface area contributed by atoms with Crippen molar-refractivity contribution >= 4 is 27.8 Å². The van der Waals surface area contributed by atoms with E-state index in [4.69, 9.17) is 0 Å². The van der Waals surface area contributed by atoms with Crippen LogP contribution in [0.2, 0.25) is 39.3 Å². The molecular weight excluding hydrogens is 240 g/mol. The molecule has 4 heteroatoms. The van der Waals surface area contributed by atoms with Gasteiger partial charge in [0.05, 0.1) is 18.0 Å². The Hall–Kier alpha value is -0.746. The molecule has 0 bridgehead atoms. The van der Waals surface area contributed by atoms with E-state index in [1.54, 1.807) is 0 Å². The molecule has 0 unspecified atom stereocenters. The highest BCUT2D eigenvalue weighted by atomic mass is 28.3. The Morgan fingerprint density at radius 1 is 0.765 bits per heavy atom. The van der Waals surface area contributed by atoms with Crippen molar-refractivity contribution in [2.45, 2.75) is 39.3 Å². The summed E-state index contributed by atoms with van der Waals surface area (Å²) in [5.74, 6) is 0. The molecule has 0 spiro atoms. The van der Waals surface area contributed by atoms with Crippen LogP contribution < -0.4 is 9.13 Å². The largest absolute Gasteiger partial charge is 0.381 e. The third-order valence-corrected chi connectivity index (χ3v) is 7.37. The normalized spacial score (nSPS) is 16.4. The number of fused-ring (bicyclic) bond motifs is 1. The van der Waals surface area contributed by atoms with Gasteiger partial charge in [-0.15, -0.1) is 0 Å². The molecule has 0 N–H and O–H groups in total. The fourth-order valence-corrected chi connectivity index (χ4v) is 5.46. The Morgan fingerprint density at radius 3 is 1.41 bits per heavy atom. The third kappa shape index (κ3) is 2.28. The number of benzene rings is 1. The zero-order chi connectivity index (χ0) is 12.8. The molecule has 17 heavy (non-hydrogen) atoms. The maximum Gasteiger partial charge on any atom is 0.149 e. The first kappa shape index (κ1) is 12.7. The quantitative estimate of drug-likeness (QED) is 0.747. The van der Waals surface area contributed by atoms with Crippen LogP contribution in [0.15, 0.2) is 24.3 Å². The van der Waals surface area contributed by atoms with Crippen LogP contribution in [0.1, 0.15) is 0 Å². The van der Waals surface area contributed by atoms with Crippen molar-refractivity contribution in [3.63, 3.8) is 0 Å². The van der Waals surface area contributed by atoms with Gasteiger partial charge in [-0.05, 0) is 12.1 Å². The smallest absolute Gasteiger partial charge is 0.149 e. The monoisotopic (exact) mass is 264 g/mol. The van der Waals surface area contributed by atoms with E-state index in [2.05, 4.69) is 72.7 Å². The van der Waals surface area contributed by atoms with E-state index in [0.717, 1.165) is 6.67 Å². The van der Waals surface area contributed by atoms with Crippen molar-refractivity contribution in [2.24, 2.45) is 0 Å². The predicted molar refractivity (Wildman–Crippen MR) is 83.0 cm³/mol. The molecule has 1 aromatic rings. The molecule has 0 amide bonds. The van der Waals surface area contributed by atoms with Crippen molar-refractivity contribution in [2.75, 3.05) is 15.8 Å². The van der Waals surface area contributed by atoms with Crippen molar-refractivity contribution in [3.05, 3.63) is 24.3 Å². The second-order valence-electron chi connectivity index (χ2n) is 6.83. The topological polar surface area (TPSA) is 6.48 Å². The minimum atomic E-state index is -1.28. The molecule has 0 radical (unpaired) electrons. The number of anilines is 2. The Kier molecular flexibility index (Phi) is 2.90. The first-order valence-electron chi connectivity index (χ1n) is 6.35. The van der Waals surface area contributed by atoms with Crippen molar-refractivity contribution in [1.29, 1.82) is 0 Å². The van der Waals surface area contributed by atoms with E-state index < -0.39 is 16.5 Å². The van der Waals surface area contributed by atoms with E-state index in [9.17, 15) is 0 Å². The molecule has 2 nitrogen and oxygen atoms in total. The average Bonchev–Trinajstić information content (AvgIpc) is 2.55. The van der Waals surface area contributed by atoms with Crippen LogP contribution in [-0.4, -0.2) is 23.1 Å². The lowest BCUT2D eigenvalue weighted by molar-refractivity contribution is 1.03. The lowest BCUT2D eigenvalue weighted by atomic mass is 10.3. The molecule has 94 valence electrons. The van der Waals surface area contributed by atoms with Crippen LogP contribution in [0.4, 0.5) is 11.4 Å². The van der Waals surface area contributed by atoms with Crippen LogP contribution in [0.5, 0.6) is 0 Å². The highest BCUT2D eigenvalue weighted by Gasteiger charge is 2.38. The molecule has 2 rings (SSSR count). The average molecular weight is 265 g/mol. The second kappa shape index (κ2) is 3.88. The van der Waals surface area contributed by atoms with Gasteiger partial charge in [0.25, 0.3) is 0 Å². The van der Waals surface area contributed by atoms with Crippen molar-refractivity contribution in [1.82, 2.24) is 0 Å². The summed E-state index contributed by atoms with van der Waals surface area (Å²) in [6, 6.07) is 8.90. The Balaban J connectivity index is 2.47. The fourth-order valence-electron chi connectivity index (χ4n) is 2.36. The molecular formula is C13H24N2Si2. The summed E-state index contributed by atoms with van der Waals surface area (Å²) in [7, 11) is -2.56. The van der Waals surface area contributed by atoms with E-state index >= 15 is 0 Å². The predicted octanol–water partition coefficient (Wildman–Crippen LogP) is 3.94. The van der Waals surface area contributed by atoms with Crippen LogP contribution in [0.25, 0.3) is 0 Å². The molecule has 0 saturated carbocycles. The lowest BCUT2D eigenvalue weighted by Crippen LogP contribution is -2.53. The lowest BCUT2D eigenvalue weighted by Gasteiger charge is -2.36. The first-order chi connectivity index (χ1) is 7.71. The van der Waals surface area contributed by atoms with Gasteiger partial charge < -0.3 is 9.13 Å². The molecule has 0 fully saturated rings. The van der Waals surface area contributed by atoms with E-state index in [1.807, 2.05) is 0 Å². The molecule has 1 aliphatic heterocycles. The SMILES string of the molecule is C[Si](C)(C)N1CN([Si](C)(C)C)c2ccccc21. The molecule has 1 aliphatic rings. The second-order valence-corrected chi connectivity index (χ2v) is 16.6. The summed E-state index contributed by atoms with van der Waals surface area (Å²) >= 11 is 0. The number of hydrogen-bond acceptors (Lipinski definition) is 2. The number of para-hydroxylation sites is 2. The van der Waals surface area contributed by atoms with Gasteiger partial charge in [-0.2, -0.15) is 0 Å². The van der Waals surface area contributed by atoms with Gasteiger partial charge in [0.2, 0.25) is 0 Å². The number of rotatable bonds is 2. The molecule has 0 atom stereocenters. The summed E-state index contributed by atoms with van der Waals surface area (Å²) in [4.78, 5) is 0.